The van der Waals surface area contributed by atoms with Crippen LogP contribution in [0.15, 0.2) is 60.9 Å². The molecular formula is C21H23N3O2. The number of nitrogens with zero attached hydrogens (tertiary/aromatic N) is 2. The van der Waals surface area contributed by atoms with Gasteiger partial charge in [0.05, 0.1) is 18.8 Å². The lowest BCUT2D eigenvalue weighted by atomic mass is 10.1. The molecule has 5 heteroatoms. The van der Waals surface area contributed by atoms with Crippen LogP contribution in [0.2, 0.25) is 0 Å². The second-order valence-corrected chi connectivity index (χ2v) is 6.08. The Morgan fingerprint density at radius 1 is 1.19 bits per heavy atom. The minimum absolute atomic E-state index is 0.107. The fourth-order valence-corrected chi connectivity index (χ4v) is 2.88. The number of benzene rings is 1. The van der Waals surface area contributed by atoms with Gasteiger partial charge in [-0.2, -0.15) is 0 Å². The van der Waals surface area contributed by atoms with Crippen molar-refractivity contribution in [2.24, 2.45) is 0 Å². The lowest BCUT2D eigenvalue weighted by Crippen LogP contribution is -2.28. The minimum atomic E-state index is -0.159. The van der Waals surface area contributed by atoms with E-state index in [1.54, 1.807) is 13.3 Å². The fraction of sp³-hybridized carbons (Fsp3) is 0.238. The molecule has 0 fully saturated rings. The highest BCUT2D eigenvalue weighted by molar-refractivity contribution is 5.94. The predicted octanol–water partition coefficient (Wildman–Crippen LogP) is 4.07. The Morgan fingerprint density at radius 3 is 2.58 bits per heavy atom. The van der Waals surface area contributed by atoms with Crippen molar-refractivity contribution in [1.29, 1.82) is 0 Å². The zero-order valence-corrected chi connectivity index (χ0v) is 15.3. The topological polar surface area (TPSA) is 56.1 Å². The number of carbonyl (C=O) groups excluding carboxylic acids is 1. The highest BCUT2D eigenvalue weighted by atomic mass is 16.5. The molecule has 134 valence electrons. The molecule has 0 unspecified atom stereocenters. The number of rotatable bonds is 6. The van der Waals surface area contributed by atoms with Gasteiger partial charge >= 0.3 is 0 Å². The first-order valence-electron chi connectivity index (χ1n) is 8.68. The van der Waals surface area contributed by atoms with Crippen molar-refractivity contribution in [2.75, 3.05) is 7.11 Å². The lowest BCUT2D eigenvalue weighted by Gasteiger charge is -2.14. The summed E-state index contributed by atoms with van der Waals surface area (Å²) in [5, 5.41) is 3.03. The standard InChI is InChI=1S/C21H23N3O2/c1-4-24-14-17(16-8-10-18(26-3)11-9-16)13-20(24)21(25)23-15(2)19-7-5-6-12-22-19/h5-15H,4H2,1-3H3,(H,23,25)/t15-/m1/s1. The number of nitrogens with one attached hydrogen (secondary N) is 1. The SMILES string of the molecule is CCn1cc(-c2ccc(OC)cc2)cc1C(=O)N[C@H](C)c1ccccn1. The molecule has 1 N–H and O–H groups in total. The molecule has 3 rings (SSSR count). The van der Waals surface area contributed by atoms with Crippen molar-refractivity contribution in [3.8, 4) is 16.9 Å². The van der Waals surface area contributed by atoms with Gasteiger partial charge in [0.2, 0.25) is 0 Å². The van der Waals surface area contributed by atoms with Crippen LogP contribution in [0, 0.1) is 0 Å². The molecular weight excluding hydrogens is 326 g/mol. The van der Waals surface area contributed by atoms with Gasteiger partial charge < -0.3 is 14.6 Å². The van der Waals surface area contributed by atoms with Gasteiger partial charge in [0.25, 0.3) is 5.91 Å². The molecule has 0 spiro atoms. The fourth-order valence-electron chi connectivity index (χ4n) is 2.88. The highest BCUT2D eigenvalue weighted by Crippen LogP contribution is 2.25. The molecule has 0 saturated carbocycles. The van der Waals surface area contributed by atoms with E-state index in [0.717, 1.165) is 29.1 Å². The molecule has 0 aliphatic carbocycles. The molecule has 2 aromatic heterocycles. The van der Waals surface area contributed by atoms with E-state index < -0.39 is 0 Å². The summed E-state index contributed by atoms with van der Waals surface area (Å²) in [4.78, 5) is 17.1. The third-order valence-electron chi connectivity index (χ3n) is 4.37. The summed E-state index contributed by atoms with van der Waals surface area (Å²) < 4.78 is 7.16. The highest BCUT2D eigenvalue weighted by Gasteiger charge is 2.17. The van der Waals surface area contributed by atoms with Gasteiger partial charge in [-0.15, -0.1) is 0 Å². The smallest absolute Gasteiger partial charge is 0.268 e. The van der Waals surface area contributed by atoms with Crippen LogP contribution < -0.4 is 10.1 Å². The quantitative estimate of drug-likeness (QED) is 0.730. The molecule has 1 atom stereocenters. The number of aromatic nitrogens is 2. The van der Waals surface area contributed by atoms with Crippen LogP contribution in [0.25, 0.3) is 11.1 Å². The predicted molar refractivity (Wildman–Crippen MR) is 102 cm³/mol. The number of ether oxygens (including phenoxy) is 1. The maximum atomic E-state index is 12.8. The van der Waals surface area contributed by atoms with E-state index in [4.69, 9.17) is 4.74 Å². The van der Waals surface area contributed by atoms with Crippen LogP contribution in [0.4, 0.5) is 0 Å². The Hall–Kier alpha value is -3.08. The average molecular weight is 349 g/mol. The van der Waals surface area contributed by atoms with Crippen molar-refractivity contribution >= 4 is 5.91 Å². The lowest BCUT2D eigenvalue weighted by molar-refractivity contribution is 0.0930. The molecule has 1 amide bonds. The number of hydrogen-bond donors (Lipinski definition) is 1. The van der Waals surface area contributed by atoms with Gasteiger partial charge in [0, 0.05) is 24.5 Å². The van der Waals surface area contributed by atoms with E-state index in [1.807, 2.05) is 73.1 Å². The van der Waals surface area contributed by atoms with Gasteiger partial charge in [0.1, 0.15) is 11.4 Å². The van der Waals surface area contributed by atoms with Gasteiger partial charge in [-0.3, -0.25) is 9.78 Å². The molecule has 5 nitrogen and oxygen atoms in total. The molecule has 2 heterocycles. The maximum Gasteiger partial charge on any atom is 0.268 e. The summed E-state index contributed by atoms with van der Waals surface area (Å²) in [6.07, 6.45) is 3.73. The monoisotopic (exact) mass is 349 g/mol. The van der Waals surface area contributed by atoms with Crippen LogP contribution in [0.3, 0.4) is 0 Å². The van der Waals surface area contributed by atoms with Crippen LogP contribution >= 0.6 is 0 Å². The molecule has 0 bridgehead atoms. The van der Waals surface area contributed by atoms with E-state index in [9.17, 15) is 4.79 Å². The third kappa shape index (κ3) is 3.77. The molecule has 1 aromatic carbocycles. The number of amides is 1. The summed E-state index contributed by atoms with van der Waals surface area (Å²) >= 11 is 0. The second kappa shape index (κ2) is 7.87. The Bertz CT molecular complexity index is 870. The van der Waals surface area contributed by atoms with E-state index >= 15 is 0 Å². The third-order valence-corrected chi connectivity index (χ3v) is 4.37. The molecule has 26 heavy (non-hydrogen) atoms. The van der Waals surface area contributed by atoms with Gasteiger partial charge in [-0.05, 0) is 49.7 Å². The van der Waals surface area contributed by atoms with E-state index in [0.29, 0.717) is 5.69 Å². The Balaban J connectivity index is 1.82. The normalized spacial score (nSPS) is 11.8. The van der Waals surface area contributed by atoms with E-state index in [-0.39, 0.29) is 11.9 Å². The first-order chi connectivity index (χ1) is 12.6. The van der Waals surface area contributed by atoms with Gasteiger partial charge in [-0.25, -0.2) is 0 Å². The molecule has 0 aliphatic heterocycles. The van der Waals surface area contributed by atoms with Crippen molar-refractivity contribution in [2.45, 2.75) is 26.4 Å². The van der Waals surface area contributed by atoms with Gasteiger partial charge in [-0.1, -0.05) is 18.2 Å². The molecule has 3 aromatic rings. The Labute approximate surface area is 153 Å². The summed E-state index contributed by atoms with van der Waals surface area (Å²) in [5.74, 6) is 0.704. The molecule has 0 radical (unpaired) electrons. The molecule has 0 aliphatic rings. The van der Waals surface area contributed by atoms with Crippen molar-refractivity contribution in [1.82, 2.24) is 14.9 Å². The van der Waals surface area contributed by atoms with Crippen molar-refractivity contribution in [3.05, 3.63) is 72.3 Å². The number of carbonyl (C=O) groups is 1. The van der Waals surface area contributed by atoms with E-state index in [2.05, 4.69) is 10.3 Å². The van der Waals surface area contributed by atoms with Gasteiger partial charge in [0.15, 0.2) is 0 Å². The zero-order chi connectivity index (χ0) is 18.5. The average Bonchev–Trinajstić information content (AvgIpc) is 3.13. The van der Waals surface area contributed by atoms with Crippen molar-refractivity contribution < 1.29 is 9.53 Å². The minimum Gasteiger partial charge on any atom is -0.497 e. The first-order valence-corrected chi connectivity index (χ1v) is 8.68. The van der Waals surface area contributed by atoms with Crippen LogP contribution in [-0.4, -0.2) is 22.6 Å². The van der Waals surface area contributed by atoms with Crippen molar-refractivity contribution in [3.63, 3.8) is 0 Å². The first kappa shape index (κ1) is 17.7. The zero-order valence-electron chi connectivity index (χ0n) is 15.3. The largest absolute Gasteiger partial charge is 0.497 e. The summed E-state index contributed by atoms with van der Waals surface area (Å²) in [6.45, 7) is 4.68. The summed E-state index contributed by atoms with van der Waals surface area (Å²) in [5.41, 5.74) is 3.53. The number of aryl methyl sites for hydroxylation is 1. The van der Waals surface area contributed by atoms with Crippen LogP contribution in [0.1, 0.15) is 36.1 Å². The maximum absolute atomic E-state index is 12.8. The number of hydrogen-bond acceptors (Lipinski definition) is 3. The summed E-state index contributed by atoms with van der Waals surface area (Å²) in [7, 11) is 1.65. The Morgan fingerprint density at radius 2 is 1.96 bits per heavy atom. The van der Waals surface area contributed by atoms with Crippen LogP contribution in [0.5, 0.6) is 5.75 Å². The Kier molecular flexibility index (Phi) is 5.37. The second-order valence-electron chi connectivity index (χ2n) is 6.08. The summed E-state index contributed by atoms with van der Waals surface area (Å²) in [6, 6.07) is 15.3. The number of pyridine rings is 1. The molecule has 0 saturated heterocycles. The van der Waals surface area contributed by atoms with E-state index in [1.165, 1.54) is 0 Å². The van der Waals surface area contributed by atoms with Crippen LogP contribution in [-0.2, 0) is 6.54 Å². The number of methoxy groups -OCH3 is 1.